The number of nitrogens with zero attached hydrogens (tertiary/aromatic N) is 4. The Balaban J connectivity index is 1.62. The Morgan fingerprint density at radius 3 is 2.76 bits per heavy atom. The second-order valence-corrected chi connectivity index (χ2v) is 7.21. The van der Waals surface area contributed by atoms with E-state index in [-0.39, 0.29) is 17.4 Å². The van der Waals surface area contributed by atoms with Crippen molar-refractivity contribution in [3.63, 3.8) is 0 Å². The molecule has 0 saturated carbocycles. The van der Waals surface area contributed by atoms with Gasteiger partial charge < -0.3 is 5.32 Å². The van der Waals surface area contributed by atoms with E-state index in [4.69, 9.17) is 0 Å². The van der Waals surface area contributed by atoms with Crippen molar-refractivity contribution in [2.45, 2.75) is 18.6 Å². The van der Waals surface area contributed by atoms with Crippen LogP contribution in [0.2, 0.25) is 0 Å². The van der Waals surface area contributed by atoms with Crippen LogP contribution < -0.4 is 5.32 Å². The van der Waals surface area contributed by atoms with Crippen molar-refractivity contribution in [1.29, 1.82) is 0 Å². The molecule has 25 heavy (non-hydrogen) atoms. The fraction of sp³-hybridized carbons (Fsp3) is 0.188. The molecule has 0 aliphatic carbocycles. The van der Waals surface area contributed by atoms with Gasteiger partial charge in [0.15, 0.2) is 5.78 Å². The number of tetrazole rings is 1. The summed E-state index contributed by atoms with van der Waals surface area (Å²) in [6, 6.07) is 13.2. The standard InChI is InChI=1S/C16H15N5O2S2/c1-11(22)17-9-13-7-8-15(25-13)14(23)10-24-16-18-19-20-21(16)12-5-3-2-4-6-12/h2-8H,9-10H2,1H3,(H,17,22). The molecule has 0 bridgehead atoms. The van der Waals surface area contributed by atoms with E-state index >= 15 is 0 Å². The first kappa shape index (κ1) is 17.3. The number of rotatable bonds is 7. The van der Waals surface area contributed by atoms with Crippen molar-refractivity contribution >= 4 is 34.8 Å². The monoisotopic (exact) mass is 373 g/mol. The summed E-state index contributed by atoms with van der Waals surface area (Å²) in [4.78, 5) is 24.9. The molecule has 0 aliphatic rings. The molecule has 0 unspecified atom stereocenters. The molecule has 0 atom stereocenters. The van der Waals surface area contributed by atoms with Gasteiger partial charge in [0.1, 0.15) is 0 Å². The highest BCUT2D eigenvalue weighted by atomic mass is 32.2. The SMILES string of the molecule is CC(=O)NCc1ccc(C(=O)CSc2nnnn2-c2ccccc2)s1. The number of ketones is 1. The summed E-state index contributed by atoms with van der Waals surface area (Å²) in [7, 11) is 0. The Morgan fingerprint density at radius 2 is 2.00 bits per heavy atom. The minimum atomic E-state index is -0.0930. The summed E-state index contributed by atoms with van der Waals surface area (Å²) in [5.41, 5.74) is 0.844. The maximum atomic E-state index is 12.4. The average molecular weight is 373 g/mol. The number of hydrogen-bond acceptors (Lipinski definition) is 7. The van der Waals surface area contributed by atoms with E-state index in [9.17, 15) is 9.59 Å². The highest BCUT2D eigenvalue weighted by molar-refractivity contribution is 7.99. The van der Waals surface area contributed by atoms with E-state index in [0.717, 1.165) is 10.6 Å². The number of thioether (sulfide) groups is 1. The third kappa shape index (κ3) is 4.52. The van der Waals surface area contributed by atoms with Crippen LogP contribution in [0.1, 0.15) is 21.5 Å². The van der Waals surface area contributed by atoms with E-state index in [1.54, 1.807) is 10.7 Å². The van der Waals surface area contributed by atoms with Crippen molar-refractivity contribution in [2.24, 2.45) is 0 Å². The number of nitrogens with one attached hydrogen (secondary N) is 1. The summed E-state index contributed by atoms with van der Waals surface area (Å²) in [6.07, 6.45) is 0. The van der Waals surface area contributed by atoms with Crippen LogP contribution in [0.5, 0.6) is 0 Å². The van der Waals surface area contributed by atoms with Crippen LogP contribution in [-0.2, 0) is 11.3 Å². The molecule has 128 valence electrons. The Hall–Kier alpha value is -2.52. The van der Waals surface area contributed by atoms with Crippen molar-refractivity contribution in [3.8, 4) is 5.69 Å². The lowest BCUT2D eigenvalue weighted by molar-refractivity contribution is -0.119. The van der Waals surface area contributed by atoms with Crippen LogP contribution in [0, 0.1) is 0 Å². The zero-order valence-electron chi connectivity index (χ0n) is 13.4. The number of amides is 1. The van der Waals surface area contributed by atoms with Gasteiger partial charge in [0.25, 0.3) is 0 Å². The smallest absolute Gasteiger partial charge is 0.217 e. The minimum Gasteiger partial charge on any atom is -0.351 e. The molecule has 0 saturated heterocycles. The fourth-order valence-electron chi connectivity index (χ4n) is 2.04. The Morgan fingerprint density at radius 1 is 1.20 bits per heavy atom. The first-order chi connectivity index (χ1) is 12.1. The maximum absolute atomic E-state index is 12.4. The van der Waals surface area contributed by atoms with Gasteiger partial charge in [0.05, 0.1) is 22.9 Å². The molecule has 9 heteroatoms. The molecule has 0 spiro atoms. The number of thiophene rings is 1. The van der Waals surface area contributed by atoms with E-state index in [0.29, 0.717) is 16.6 Å². The summed E-state index contributed by atoms with van der Waals surface area (Å²) in [6.45, 7) is 1.90. The lowest BCUT2D eigenvalue weighted by Crippen LogP contribution is -2.18. The number of carbonyl (C=O) groups is 2. The number of carbonyl (C=O) groups excluding carboxylic acids is 2. The fourth-order valence-corrected chi connectivity index (χ4v) is 3.79. The predicted molar refractivity (Wildman–Crippen MR) is 96.0 cm³/mol. The van der Waals surface area contributed by atoms with Gasteiger partial charge in [-0.05, 0) is 34.7 Å². The summed E-state index contributed by atoms with van der Waals surface area (Å²) >= 11 is 2.68. The molecule has 0 radical (unpaired) electrons. The Kier molecular flexibility index (Phi) is 5.56. The van der Waals surface area contributed by atoms with Crippen LogP contribution in [0.3, 0.4) is 0 Å². The predicted octanol–water partition coefficient (Wildman–Crippen LogP) is 2.33. The number of Topliss-reactive ketones (excluding diaryl/α,β-unsaturated/α-hetero) is 1. The average Bonchev–Trinajstić information content (AvgIpc) is 3.28. The normalized spacial score (nSPS) is 10.6. The third-order valence-corrected chi connectivity index (χ3v) is 5.27. The summed E-state index contributed by atoms with van der Waals surface area (Å²) < 4.78 is 1.61. The zero-order valence-corrected chi connectivity index (χ0v) is 15.0. The van der Waals surface area contributed by atoms with Crippen LogP contribution in [0.25, 0.3) is 5.69 Å². The van der Waals surface area contributed by atoms with Crippen molar-refractivity contribution in [1.82, 2.24) is 25.5 Å². The van der Waals surface area contributed by atoms with Gasteiger partial charge in [-0.1, -0.05) is 30.0 Å². The van der Waals surface area contributed by atoms with Gasteiger partial charge in [-0.3, -0.25) is 9.59 Å². The van der Waals surface area contributed by atoms with Crippen molar-refractivity contribution < 1.29 is 9.59 Å². The zero-order chi connectivity index (χ0) is 17.6. The molecule has 1 N–H and O–H groups in total. The molecule has 0 aliphatic heterocycles. The highest BCUT2D eigenvalue weighted by Gasteiger charge is 2.14. The van der Waals surface area contributed by atoms with E-state index in [2.05, 4.69) is 20.8 Å². The van der Waals surface area contributed by atoms with Gasteiger partial charge >= 0.3 is 0 Å². The lowest BCUT2D eigenvalue weighted by Gasteiger charge is -2.03. The molecular formula is C16H15N5O2S2. The van der Waals surface area contributed by atoms with Crippen molar-refractivity contribution in [3.05, 3.63) is 52.2 Å². The number of hydrogen-bond donors (Lipinski definition) is 1. The molecule has 0 fully saturated rings. The largest absolute Gasteiger partial charge is 0.351 e. The van der Waals surface area contributed by atoms with Gasteiger partial charge in [0.2, 0.25) is 11.1 Å². The van der Waals surface area contributed by atoms with Crippen LogP contribution in [0.15, 0.2) is 47.6 Å². The van der Waals surface area contributed by atoms with Crippen molar-refractivity contribution in [2.75, 3.05) is 5.75 Å². The van der Waals surface area contributed by atoms with Gasteiger partial charge in [-0.2, -0.15) is 4.68 Å². The number of benzene rings is 1. The number of para-hydroxylation sites is 1. The lowest BCUT2D eigenvalue weighted by atomic mass is 10.3. The van der Waals surface area contributed by atoms with E-state index in [1.807, 2.05) is 36.4 Å². The van der Waals surface area contributed by atoms with Gasteiger partial charge in [0, 0.05) is 11.8 Å². The second-order valence-electron chi connectivity index (χ2n) is 5.10. The Bertz CT molecular complexity index is 876. The van der Waals surface area contributed by atoms with E-state index in [1.165, 1.54) is 30.0 Å². The molecule has 2 aromatic heterocycles. The Labute approximate surface area is 152 Å². The first-order valence-electron chi connectivity index (χ1n) is 7.46. The van der Waals surface area contributed by atoms with Crippen LogP contribution >= 0.6 is 23.1 Å². The molecule has 2 heterocycles. The summed E-state index contributed by atoms with van der Waals surface area (Å²) in [5, 5.41) is 14.9. The molecule has 3 rings (SSSR count). The maximum Gasteiger partial charge on any atom is 0.217 e. The topological polar surface area (TPSA) is 89.8 Å². The first-order valence-corrected chi connectivity index (χ1v) is 9.26. The number of aromatic nitrogens is 4. The van der Waals surface area contributed by atoms with Crippen LogP contribution in [0.4, 0.5) is 0 Å². The molecule has 3 aromatic rings. The van der Waals surface area contributed by atoms with Gasteiger partial charge in [-0.25, -0.2) is 0 Å². The van der Waals surface area contributed by atoms with Gasteiger partial charge in [-0.15, -0.1) is 16.4 Å². The molecule has 7 nitrogen and oxygen atoms in total. The quantitative estimate of drug-likeness (QED) is 0.505. The second kappa shape index (κ2) is 8.04. The molecule has 1 aromatic carbocycles. The minimum absolute atomic E-state index is 0.00619. The molecular weight excluding hydrogens is 358 g/mol. The third-order valence-electron chi connectivity index (χ3n) is 3.22. The summed E-state index contributed by atoms with van der Waals surface area (Å²) in [5.74, 6) is 0.157. The highest BCUT2D eigenvalue weighted by Crippen LogP contribution is 2.22. The molecule has 1 amide bonds. The van der Waals surface area contributed by atoms with E-state index < -0.39 is 0 Å². The van der Waals surface area contributed by atoms with Crippen LogP contribution in [-0.4, -0.2) is 37.7 Å².